The molecule has 4 aromatic rings. The number of halogens is 4. The quantitative estimate of drug-likeness (QED) is 0.204. The van der Waals surface area contributed by atoms with Gasteiger partial charge in [-0.3, -0.25) is 14.5 Å². The largest absolute Gasteiger partial charge is 0.416 e. The number of aromatic nitrogens is 2. The molecule has 13 heteroatoms. The summed E-state index contributed by atoms with van der Waals surface area (Å²) in [4.78, 5) is 29.6. The van der Waals surface area contributed by atoms with Crippen molar-refractivity contribution in [1.29, 1.82) is 0 Å². The third-order valence-electron chi connectivity index (χ3n) is 8.11. The summed E-state index contributed by atoms with van der Waals surface area (Å²) in [6, 6.07) is 17.2. The fourth-order valence-corrected chi connectivity index (χ4v) is 6.60. The fourth-order valence-electron chi connectivity index (χ4n) is 5.73. The van der Waals surface area contributed by atoms with Crippen LogP contribution in [0.3, 0.4) is 0 Å². The van der Waals surface area contributed by atoms with Crippen LogP contribution in [-0.4, -0.2) is 43.1 Å². The molecule has 3 aromatic carbocycles. The van der Waals surface area contributed by atoms with Crippen LogP contribution in [0, 0.1) is 5.82 Å². The smallest absolute Gasteiger partial charge is 0.339 e. The lowest BCUT2D eigenvalue weighted by Gasteiger charge is -2.39. The molecular formula is C35H37F4N5O3S. The van der Waals surface area contributed by atoms with Crippen molar-refractivity contribution in [1.82, 2.24) is 19.8 Å². The second kappa shape index (κ2) is 12.9. The molecule has 48 heavy (non-hydrogen) atoms. The van der Waals surface area contributed by atoms with Gasteiger partial charge >= 0.3 is 6.18 Å². The van der Waals surface area contributed by atoms with Crippen LogP contribution >= 0.6 is 0 Å². The average Bonchev–Trinajstić information content (AvgIpc) is 3.42. The number of anilines is 1. The van der Waals surface area contributed by atoms with Gasteiger partial charge in [0.15, 0.2) is 0 Å². The van der Waals surface area contributed by atoms with E-state index in [9.17, 15) is 31.4 Å². The Hall–Kier alpha value is -4.36. The van der Waals surface area contributed by atoms with Crippen molar-refractivity contribution in [2.45, 2.75) is 70.0 Å². The zero-order chi connectivity index (χ0) is 35.2. The van der Waals surface area contributed by atoms with Crippen molar-refractivity contribution in [3.05, 3.63) is 113 Å². The Kier molecular flexibility index (Phi) is 9.41. The first kappa shape index (κ1) is 35.0. The van der Waals surface area contributed by atoms with E-state index >= 15 is 0 Å². The number of fused-ring (bicyclic) bond motifs is 1. The summed E-state index contributed by atoms with van der Waals surface area (Å²) in [6.07, 6.45) is -4.69. The van der Waals surface area contributed by atoms with Crippen molar-refractivity contribution in [3.63, 3.8) is 0 Å². The van der Waals surface area contributed by atoms with Gasteiger partial charge < -0.3 is 5.32 Å². The lowest BCUT2D eigenvalue weighted by atomic mass is 9.78. The SMILES string of the molecule is CCN1C(=O)[C@@H](NC(=O)c2cccc(C(F)(F)F)c2)[C@@H](c2ccc(F)cc2)c2c(C(C)(C)NS(=O)C(C)(C)C)nn(-c3ccccc3)c21. The van der Waals surface area contributed by atoms with Crippen LogP contribution in [0.25, 0.3) is 5.69 Å². The molecule has 3 atom stereocenters. The van der Waals surface area contributed by atoms with E-state index in [1.165, 1.54) is 35.2 Å². The molecule has 5 rings (SSSR count). The number of carbonyl (C=O) groups is 2. The summed E-state index contributed by atoms with van der Waals surface area (Å²) in [5.41, 5.74) is -0.380. The Bertz CT molecular complexity index is 1850. The summed E-state index contributed by atoms with van der Waals surface area (Å²) in [5, 5.41) is 7.74. The predicted octanol–water partition coefficient (Wildman–Crippen LogP) is 6.61. The summed E-state index contributed by atoms with van der Waals surface area (Å²) in [6.45, 7) is 11.0. The molecule has 1 aromatic heterocycles. The maximum absolute atomic E-state index is 14.5. The second-order valence-corrected chi connectivity index (χ2v) is 15.0. The van der Waals surface area contributed by atoms with Crippen LogP contribution in [0.4, 0.5) is 23.4 Å². The molecule has 1 aliphatic rings. The number of benzene rings is 3. The van der Waals surface area contributed by atoms with E-state index in [4.69, 9.17) is 5.10 Å². The Labute approximate surface area is 279 Å². The number of amides is 2. The number of likely N-dealkylation sites (N-methyl/N-ethyl adjacent to an activating group) is 1. The molecule has 2 amide bonds. The molecule has 254 valence electrons. The van der Waals surface area contributed by atoms with Crippen LogP contribution in [0.2, 0.25) is 0 Å². The van der Waals surface area contributed by atoms with Crippen LogP contribution in [0.5, 0.6) is 0 Å². The molecule has 1 unspecified atom stereocenters. The van der Waals surface area contributed by atoms with Gasteiger partial charge in [-0.15, -0.1) is 0 Å². The first-order chi connectivity index (χ1) is 22.4. The second-order valence-electron chi connectivity index (χ2n) is 13.1. The van der Waals surface area contributed by atoms with E-state index in [1.807, 2.05) is 51.1 Å². The first-order valence-electron chi connectivity index (χ1n) is 15.4. The summed E-state index contributed by atoms with van der Waals surface area (Å²) < 4.78 is 72.5. The Morgan fingerprint density at radius 1 is 0.938 bits per heavy atom. The fraction of sp³-hybridized carbons (Fsp3) is 0.343. The van der Waals surface area contributed by atoms with Crippen LogP contribution in [0.15, 0.2) is 78.9 Å². The van der Waals surface area contributed by atoms with Crippen LogP contribution in [-0.2, 0) is 27.5 Å². The van der Waals surface area contributed by atoms with E-state index in [0.29, 0.717) is 28.3 Å². The third kappa shape index (κ3) is 6.79. The Morgan fingerprint density at radius 3 is 2.17 bits per heavy atom. The van der Waals surface area contributed by atoms with Gasteiger partial charge in [-0.25, -0.2) is 18.0 Å². The van der Waals surface area contributed by atoms with Gasteiger partial charge in [0.25, 0.3) is 11.8 Å². The minimum Gasteiger partial charge on any atom is -0.339 e. The minimum absolute atomic E-state index is 0.150. The van der Waals surface area contributed by atoms with Crippen LogP contribution < -0.4 is 14.9 Å². The highest BCUT2D eigenvalue weighted by Crippen LogP contribution is 2.46. The first-order valence-corrected chi connectivity index (χ1v) is 16.5. The van der Waals surface area contributed by atoms with Crippen molar-refractivity contribution in [2.24, 2.45) is 0 Å². The number of carbonyl (C=O) groups excluding carboxylic acids is 2. The van der Waals surface area contributed by atoms with E-state index in [2.05, 4.69) is 10.0 Å². The lowest BCUT2D eigenvalue weighted by molar-refractivity contribution is -0.137. The number of nitrogens with one attached hydrogen (secondary N) is 2. The molecule has 8 nitrogen and oxygen atoms in total. The summed E-state index contributed by atoms with van der Waals surface area (Å²) >= 11 is 0. The highest BCUT2D eigenvalue weighted by Gasteiger charge is 2.49. The zero-order valence-corrected chi connectivity index (χ0v) is 28.2. The number of para-hydroxylation sites is 1. The van der Waals surface area contributed by atoms with E-state index in [0.717, 1.165) is 18.2 Å². The molecule has 0 spiro atoms. The van der Waals surface area contributed by atoms with E-state index in [1.54, 1.807) is 25.5 Å². The number of rotatable bonds is 8. The average molecular weight is 684 g/mol. The van der Waals surface area contributed by atoms with Crippen molar-refractivity contribution >= 4 is 28.6 Å². The van der Waals surface area contributed by atoms with Gasteiger partial charge in [0.1, 0.15) is 17.7 Å². The molecule has 0 aliphatic carbocycles. The van der Waals surface area contributed by atoms with E-state index in [-0.39, 0.29) is 12.1 Å². The van der Waals surface area contributed by atoms with Crippen molar-refractivity contribution in [3.8, 4) is 5.69 Å². The molecule has 0 saturated carbocycles. The maximum atomic E-state index is 14.5. The number of nitrogens with zero attached hydrogens (tertiary/aromatic N) is 3. The van der Waals surface area contributed by atoms with Crippen LogP contribution in [0.1, 0.15) is 80.2 Å². The number of hydrogen-bond acceptors (Lipinski definition) is 4. The highest BCUT2D eigenvalue weighted by atomic mass is 32.2. The topological polar surface area (TPSA) is 96.3 Å². The standard InChI is InChI=1S/C35H37F4N5O3S/c1-7-43-31-27(29(34(5,6)42-48(47)33(2,3)4)41-44(31)25-14-9-8-10-15-25)26(21-16-18-24(36)19-17-21)28(32(43)46)40-30(45)22-12-11-13-23(20-22)35(37,38)39/h8-20,26,28,42H,7H2,1-6H3,(H,40,45)/t26-,28-,48?/m0/s1. The Balaban J connectivity index is 1.76. The molecule has 0 saturated heterocycles. The molecular weight excluding hydrogens is 646 g/mol. The third-order valence-corrected chi connectivity index (χ3v) is 9.92. The van der Waals surface area contributed by atoms with Gasteiger partial charge in [0.05, 0.1) is 38.2 Å². The van der Waals surface area contributed by atoms with Gasteiger partial charge in [0.2, 0.25) is 0 Å². The van der Waals surface area contributed by atoms with Crippen molar-refractivity contribution < 1.29 is 31.4 Å². The molecule has 2 heterocycles. The molecule has 0 bridgehead atoms. The maximum Gasteiger partial charge on any atom is 0.416 e. The number of hydrogen-bond donors (Lipinski definition) is 2. The summed E-state index contributed by atoms with van der Waals surface area (Å²) in [7, 11) is -1.56. The van der Waals surface area contributed by atoms with Gasteiger partial charge in [0, 0.05) is 23.6 Å². The Morgan fingerprint density at radius 2 is 1.58 bits per heavy atom. The van der Waals surface area contributed by atoms with Gasteiger partial charge in [-0.1, -0.05) is 36.4 Å². The minimum atomic E-state index is -4.69. The van der Waals surface area contributed by atoms with E-state index < -0.39 is 62.6 Å². The van der Waals surface area contributed by atoms with Gasteiger partial charge in [-0.2, -0.15) is 18.3 Å². The molecule has 0 fully saturated rings. The normalized spacial score (nSPS) is 17.6. The molecule has 2 N–H and O–H groups in total. The highest BCUT2D eigenvalue weighted by molar-refractivity contribution is 7.84. The van der Waals surface area contributed by atoms with Crippen molar-refractivity contribution in [2.75, 3.05) is 11.4 Å². The molecule has 0 radical (unpaired) electrons. The molecule has 1 aliphatic heterocycles. The lowest BCUT2D eigenvalue weighted by Crippen LogP contribution is -2.56. The monoisotopic (exact) mass is 683 g/mol. The van der Waals surface area contributed by atoms with Gasteiger partial charge in [-0.05, 0) is 89.6 Å². The predicted molar refractivity (Wildman–Crippen MR) is 177 cm³/mol. The summed E-state index contributed by atoms with van der Waals surface area (Å²) in [5.74, 6) is -2.52. The zero-order valence-electron chi connectivity index (χ0n) is 27.4. The number of alkyl halides is 3.